The van der Waals surface area contributed by atoms with Gasteiger partial charge in [0.2, 0.25) is 0 Å². The molecular weight excluding hydrogens is 960 g/mol. The second-order valence-electron chi connectivity index (χ2n) is 11.6. The van der Waals surface area contributed by atoms with Crippen molar-refractivity contribution in [3.63, 3.8) is 0 Å². The summed E-state index contributed by atoms with van der Waals surface area (Å²) in [6.45, 7) is 4.08. The summed E-state index contributed by atoms with van der Waals surface area (Å²) in [5, 5.41) is 0. The summed E-state index contributed by atoms with van der Waals surface area (Å²) in [6.07, 6.45) is 0. The second kappa shape index (κ2) is 22.3. The van der Waals surface area contributed by atoms with E-state index in [4.69, 9.17) is 0 Å². The molecule has 0 unspecified atom stereocenters. The molecule has 0 saturated carbocycles. The standard InChI is InChI=1S/C25H16F3.C19H14F.4Y/c1-16-2-4-17(5-3-16)18-6-8-19(9-7-18)20-10-11-24(25(28)14-20)21-12-22(26)15-23(27)13-21;1-14-7-9-15(10-8-14)17-11-12-18(19(20)13-17)16-5-3-2-4-6-16;;;;/h2-14H,1H3;3-13H,1H3;;;;/q2*-1;;;;. The first-order valence-electron chi connectivity index (χ1n) is 15.4. The Morgan fingerprint density at radius 2 is 0.673 bits per heavy atom. The number of halogens is 4. The number of rotatable bonds is 5. The van der Waals surface area contributed by atoms with E-state index in [2.05, 4.69) is 30.3 Å². The van der Waals surface area contributed by atoms with Gasteiger partial charge in [0.1, 0.15) is 11.6 Å². The van der Waals surface area contributed by atoms with Crippen LogP contribution in [0.15, 0.2) is 146 Å². The molecule has 8 heteroatoms. The van der Waals surface area contributed by atoms with E-state index in [9.17, 15) is 17.6 Å². The van der Waals surface area contributed by atoms with Crippen LogP contribution >= 0.6 is 0 Å². The molecule has 0 aromatic heterocycles. The molecule has 0 saturated heterocycles. The number of hydrogen-bond donors (Lipinski definition) is 0. The van der Waals surface area contributed by atoms with Crippen LogP contribution in [0, 0.1) is 49.2 Å². The van der Waals surface area contributed by atoms with Gasteiger partial charge in [0.05, 0.1) is 0 Å². The summed E-state index contributed by atoms with van der Waals surface area (Å²) in [7, 11) is 0. The Morgan fingerprint density at radius 3 is 1.06 bits per heavy atom. The molecule has 248 valence electrons. The van der Waals surface area contributed by atoms with Crippen LogP contribution in [0.3, 0.4) is 0 Å². The Balaban J connectivity index is 0.000000350. The molecule has 7 aromatic carbocycles. The molecule has 0 spiro atoms. The molecule has 0 bridgehead atoms. The molecule has 0 nitrogen and oxygen atoms in total. The van der Waals surface area contributed by atoms with Gasteiger partial charge in [0, 0.05) is 142 Å². The van der Waals surface area contributed by atoms with Crippen LogP contribution in [0.4, 0.5) is 17.6 Å². The molecule has 0 atom stereocenters. The van der Waals surface area contributed by atoms with E-state index in [-0.39, 0.29) is 148 Å². The SMILES string of the molecule is Cc1ccc(-c2ccc(-c3cc[c-]cc3)c(F)c2)cc1.Cc1ccc(-c2ccc(-c3ccc(-c4cc(F)[c-]c(F)c4)c(F)c3)cc2)cc1.[Y].[Y].[Y].[Y]. The topological polar surface area (TPSA) is 0 Å². The fourth-order valence-electron chi connectivity index (χ4n) is 5.43. The van der Waals surface area contributed by atoms with E-state index in [0.717, 1.165) is 45.5 Å². The van der Waals surface area contributed by atoms with Crippen LogP contribution in [0.1, 0.15) is 11.1 Å². The van der Waals surface area contributed by atoms with Gasteiger partial charge in [0.25, 0.3) is 0 Å². The van der Waals surface area contributed by atoms with Crippen LogP contribution in [0.5, 0.6) is 0 Å². The van der Waals surface area contributed by atoms with E-state index >= 15 is 0 Å². The molecule has 0 aliphatic heterocycles. The molecule has 0 aliphatic carbocycles. The van der Waals surface area contributed by atoms with Crippen molar-refractivity contribution in [2.45, 2.75) is 13.8 Å². The quantitative estimate of drug-likeness (QED) is 0.119. The summed E-state index contributed by atoms with van der Waals surface area (Å²) < 4.78 is 55.6. The molecule has 0 fully saturated rings. The largest absolute Gasteiger partial charge is 0.236 e. The zero-order valence-corrected chi connectivity index (χ0v) is 40.0. The van der Waals surface area contributed by atoms with Crippen molar-refractivity contribution in [3.05, 3.63) is 192 Å². The Bertz CT molecular complexity index is 2150. The monoisotopic (exact) mass is 990 g/mol. The van der Waals surface area contributed by atoms with Crippen LogP contribution < -0.4 is 0 Å². The van der Waals surface area contributed by atoms with Gasteiger partial charge in [-0.1, -0.05) is 108 Å². The minimum atomic E-state index is -0.856. The zero-order chi connectivity index (χ0) is 33.6. The molecule has 0 heterocycles. The van der Waals surface area contributed by atoms with Gasteiger partial charge >= 0.3 is 0 Å². The molecular formula is C44H30F4Y4-2. The predicted octanol–water partition coefficient (Wildman–Crippen LogP) is 12.5. The molecule has 0 N–H and O–H groups in total. The van der Waals surface area contributed by atoms with Gasteiger partial charge in [-0.25, -0.2) is 17.6 Å². The number of hydrogen-bond acceptors (Lipinski definition) is 0. The van der Waals surface area contributed by atoms with Gasteiger partial charge in [-0.2, -0.15) is 30.3 Å². The van der Waals surface area contributed by atoms with Gasteiger partial charge in [0.15, 0.2) is 0 Å². The van der Waals surface area contributed by atoms with E-state index in [1.165, 1.54) is 23.3 Å². The van der Waals surface area contributed by atoms with Crippen molar-refractivity contribution in [3.8, 4) is 55.6 Å². The minimum Gasteiger partial charge on any atom is -0.236 e. The Labute approximate surface area is 404 Å². The minimum absolute atomic E-state index is 0. The van der Waals surface area contributed by atoms with E-state index in [1.54, 1.807) is 24.3 Å². The van der Waals surface area contributed by atoms with E-state index in [0.29, 0.717) is 11.1 Å². The van der Waals surface area contributed by atoms with Crippen molar-refractivity contribution in [1.82, 2.24) is 0 Å². The van der Waals surface area contributed by atoms with Crippen molar-refractivity contribution >= 4 is 0 Å². The summed E-state index contributed by atoms with van der Waals surface area (Å²) in [5.41, 5.74) is 9.86. The van der Waals surface area contributed by atoms with Crippen LogP contribution in [-0.4, -0.2) is 0 Å². The predicted molar refractivity (Wildman–Crippen MR) is 187 cm³/mol. The zero-order valence-electron chi connectivity index (χ0n) is 28.7. The fourth-order valence-corrected chi connectivity index (χ4v) is 5.43. The van der Waals surface area contributed by atoms with Gasteiger partial charge in [-0.3, -0.25) is 0 Å². The Kier molecular flexibility index (Phi) is 20.1. The molecule has 0 amide bonds. The second-order valence-corrected chi connectivity index (χ2v) is 11.6. The molecule has 52 heavy (non-hydrogen) atoms. The van der Waals surface area contributed by atoms with Gasteiger partial charge in [-0.15, -0.1) is 29.3 Å². The smallest absolute Gasteiger partial charge is 0.129 e. The summed E-state index contributed by atoms with van der Waals surface area (Å²) in [4.78, 5) is 0. The molecule has 0 aliphatic rings. The number of aryl methyl sites for hydroxylation is 2. The Morgan fingerprint density at radius 1 is 0.346 bits per heavy atom. The third-order valence-electron chi connectivity index (χ3n) is 8.07. The summed E-state index contributed by atoms with van der Waals surface area (Å²) in [5.74, 6) is -2.45. The van der Waals surface area contributed by atoms with Crippen molar-refractivity contribution < 1.29 is 148 Å². The van der Waals surface area contributed by atoms with E-state index < -0.39 is 17.5 Å². The van der Waals surface area contributed by atoms with Crippen LogP contribution in [0.25, 0.3) is 55.6 Å². The van der Waals surface area contributed by atoms with Gasteiger partial charge in [-0.05, 0) is 70.5 Å². The normalized spacial score (nSPS) is 9.88. The third kappa shape index (κ3) is 12.3. The maximum Gasteiger partial charge on any atom is 0.129 e. The maximum absolute atomic E-state index is 14.6. The number of benzene rings is 7. The van der Waals surface area contributed by atoms with Crippen molar-refractivity contribution in [2.24, 2.45) is 0 Å². The average molecular weight is 990 g/mol. The van der Waals surface area contributed by atoms with Gasteiger partial charge < -0.3 is 0 Å². The molecule has 7 rings (SSSR count). The van der Waals surface area contributed by atoms with Crippen LogP contribution in [0.2, 0.25) is 0 Å². The average Bonchev–Trinajstić information content (AvgIpc) is 3.09. The first kappa shape index (κ1) is 46.8. The summed E-state index contributed by atoms with van der Waals surface area (Å²) in [6, 6.07) is 48.5. The van der Waals surface area contributed by atoms with Crippen LogP contribution in [-0.2, 0) is 131 Å². The molecule has 4 radical (unpaired) electrons. The molecule has 7 aromatic rings. The third-order valence-corrected chi connectivity index (χ3v) is 8.07. The van der Waals surface area contributed by atoms with Crippen molar-refractivity contribution in [1.29, 1.82) is 0 Å². The van der Waals surface area contributed by atoms with E-state index in [1.807, 2.05) is 92.7 Å². The first-order chi connectivity index (χ1) is 23.2. The Hall–Kier alpha value is -1.32. The first-order valence-corrected chi connectivity index (χ1v) is 15.4. The fraction of sp³-hybridized carbons (Fsp3) is 0.0455. The van der Waals surface area contributed by atoms with Crippen molar-refractivity contribution in [2.75, 3.05) is 0 Å². The summed E-state index contributed by atoms with van der Waals surface area (Å²) >= 11 is 0. The maximum atomic E-state index is 14.6.